The summed E-state index contributed by atoms with van der Waals surface area (Å²) in [6.07, 6.45) is 16.3. The Labute approximate surface area is 339 Å². The third-order valence-corrected chi connectivity index (χ3v) is 11.9. The van der Waals surface area contributed by atoms with E-state index in [1.165, 1.54) is 45.8 Å². The first-order chi connectivity index (χ1) is 26.9. The summed E-state index contributed by atoms with van der Waals surface area (Å²) < 4.78 is 34.5. The van der Waals surface area contributed by atoms with Crippen LogP contribution in [0.5, 0.6) is 0 Å². The van der Waals surface area contributed by atoms with Crippen LogP contribution in [-0.4, -0.2) is 59.1 Å². The zero-order valence-corrected chi connectivity index (χ0v) is 35.2. The van der Waals surface area contributed by atoms with Gasteiger partial charge in [-0.25, -0.2) is 4.79 Å². The summed E-state index contributed by atoms with van der Waals surface area (Å²) in [7, 11) is -4.02. The number of aromatic carboxylic acids is 1. The largest absolute Gasteiger partial charge is 0.478 e. The summed E-state index contributed by atoms with van der Waals surface area (Å²) in [5, 5.41) is 12.2. The van der Waals surface area contributed by atoms with Gasteiger partial charge in [-0.2, -0.15) is 13.0 Å². The van der Waals surface area contributed by atoms with Crippen LogP contribution in [0.3, 0.4) is 0 Å². The number of carbonyl (C=O) groups is 2. The number of nitrogens with one attached hydrogen (secondary N) is 1. The van der Waals surface area contributed by atoms with Gasteiger partial charge >= 0.3 is 5.97 Å². The van der Waals surface area contributed by atoms with Crippen LogP contribution < -0.4 is 10.2 Å². The molecule has 3 N–H and O–H groups in total. The molecule has 3 aromatic carbocycles. The van der Waals surface area contributed by atoms with Gasteiger partial charge in [-0.3, -0.25) is 9.35 Å². The third kappa shape index (κ3) is 10.5. The maximum absolute atomic E-state index is 13.2. The van der Waals surface area contributed by atoms with Crippen molar-refractivity contribution in [3.8, 4) is 0 Å². The maximum Gasteiger partial charge on any atom is 0.335 e. The first-order valence-electron chi connectivity index (χ1n) is 19.9. The SMILES string of the molecule is CCCC[N+]1=C(/C=C/C(=C/C=C/C=C2/N(CCCCS(=O)(=O)O)c3ccc(C)cc3C2(C)C)CCC(=O)Nc2ccc(C(=O)O)cc2)C(C)(C)c2cc(C)ccc21. The number of carbonyl (C=O) groups excluding carboxylic acids is 1. The van der Waals surface area contributed by atoms with E-state index in [-0.39, 0.29) is 34.5 Å². The second kappa shape index (κ2) is 18.0. The Bertz CT molecular complexity index is 2260. The van der Waals surface area contributed by atoms with Crippen molar-refractivity contribution in [1.29, 1.82) is 0 Å². The van der Waals surface area contributed by atoms with E-state index in [9.17, 15) is 27.7 Å². The fourth-order valence-electron chi connectivity index (χ4n) is 7.84. The van der Waals surface area contributed by atoms with E-state index in [1.54, 1.807) is 12.1 Å². The molecule has 1 amide bonds. The summed E-state index contributed by atoms with van der Waals surface area (Å²) in [6.45, 7) is 16.9. The molecule has 0 saturated heterocycles. The highest BCUT2D eigenvalue weighted by atomic mass is 32.2. The third-order valence-electron chi connectivity index (χ3n) is 11.1. The van der Waals surface area contributed by atoms with Gasteiger partial charge in [0.05, 0.1) is 16.7 Å². The molecular weight excluding hydrogens is 735 g/mol. The van der Waals surface area contributed by atoms with Crippen molar-refractivity contribution in [3.05, 3.63) is 136 Å². The molecule has 3 aromatic rings. The normalized spacial score (nSPS) is 16.9. The van der Waals surface area contributed by atoms with Gasteiger partial charge in [-0.05, 0) is 101 Å². The van der Waals surface area contributed by atoms with E-state index in [0.717, 1.165) is 36.3 Å². The van der Waals surface area contributed by atoms with Gasteiger partial charge < -0.3 is 15.3 Å². The van der Waals surface area contributed by atoms with Crippen molar-refractivity contribution in [2.24, 2.45) is 0 Å². The van der Waals surface area contributed by atoms with Crippen molar-refractivity contribution in [1.82, 2.24) is 0 Å². The molecule has 2 heterocycles. The lowest BCUT2D eigenvalue weighted by Crippen LogP contribution is -2.28. The molecular formula is C47H58N3O6S+. The van der Waals surface area contributed by atoms with Gasteiger partial charge in [0.1, 0.15) is 6.54 Å². The van der Waals surface area contributed by atoms with Crippen molar-refractivity contribution in [2.75, 3.05) is 29.1 Å². The number of unbranched alkanes of at least 4 members (excludes halogenated alkanes) is 2. The molecule has 2 aliphatic rings. The zero-order valence-electron chi connectivity index (χ0n) is 34.4. The number of fused-ring (bicyclic) bond motifs is 2. The number of nitrogens with zero attached hydrogens (tertiary/aromatic N) is 2. The van der Waals surface area contributed by atoms with E-state index >= 15 is 0 Å². The van der Waals surface area contributed by atoms with Gasteiger partial charge in [-0.1, -0.05) is 80.8 Å². The fraction of sp³-hybridized carbons (Fsp3) is 0.383. The van der Waals surface area contributed by atoms with Gasteiger partial charge in [0, 0.05) is 59.6 Å². The average Bonchev–Trinajstić information content (AvgIpc) is 3.48. The number of carboxylic acids is 1. The van der Waals surface area contributed by atoms with Crippen LogP contribution in [0.2, 0.25) is 0 Å². The number of allylic oxidation sites excluding steroid dienone is 8. The van der Waals surface area contributed by atoms with Crippen LogP contribution in [0.15, 0.2) is 108 Å². The van der Waals surface area contributed by atoms with Gasteiger partial charge in [0.25, 0.3) is 10.1 Å². The molecule has 0 saturated carbocycles. The van der Waals surface area contributed by atoms with Crippen LogP contribution in [0, 0.1) is 13.8 Å². The van der Waals surface area contributed by atoms with Crippen molar-refractivity contribution >= 4 is 44.8 Å². The summed E-state index contributed by atoms with van der Waals surface area (Å²) in [5.41, 5.74) is 10.7. The second-order valence-electron chi connectivity index (χ2n) is 16.3. The van der Waals surface area contributed by atoms with E-state index in [0.29, 0.717) is 31.5 Å². The van der Waals surface area contributed by atoms with Gasteiger partial charge in [0.15, 0.2) is 5.71 Å². The van der Waals surface area contributed by atoms with E-state index in [2.05, 4.69) is 118 Å². The molecule has 0 aromatic heterocycles. The Morgan fingerprint density at radius 1 is 0.860 bits per heavy atom. The summed E-state index contributed by atoms with van der Waals surface area (Å²) in [4.78, 5) is 26.7. The molecule has 0 unspecified atom stereocenters. The van der Waals surface area contributed by atoms with Crippen molar-refractivity contribution in [2.45, 2.75) is 97.8 Å². The minimum atomic E-state index is -4.02. The quantitative estimate of drug-likeness (QED) is 0.0538. The number of aryl methyl sites for hydroxylation is 2. The Hall–Kier alpha value is -5.06. The molecule has 10 heteroatoms. The number of rotatable bonds is 17. The average molecular weight is 793 g/mol. The standard InChI is InChI=1S/C47H57N3O6S/c1-8-9-28-49-40-24-16-34(3)32-39(40)47(6,7)43(49)26-18-35(19-27-44(51)48-37-22-20-36(21-23-37)45(52)53)14-10-11-15-42-46(4,5)38-31-33(2)17-25-41(38)50(42)29-12-13-30-57(54,55)56/h10-11,14-18,20-26,31-32H,8-9,12-13,19,27-30H2,1-7H3,(H2-,48,51,52,53,54,55,56)/p+1. The molecule has 302 valence electrons. The molecule has 0 spiro atoms. The summed E-state index contributed by atoms with van der Waals surface area (Å²) in [6, 6.07) is 19.3. The molecule has 2 aliphatic heterocycles. The minimum absolute atomic E-state index is 0.156. The first kappa shape index (κ1) is 43.1. The number of anilines is 2. The number of amides is 1. The lowest BCUT2D eigenvalue weighted by molar-refractivity contribution is -0.438. The van der Waals surface area contributed by atoms with Crippen LogP contribution in [0.25, 0.3) is 0 Å². The highest BCUT2D eigenvalue weighted by Gasteiger charge is 2.44. The van der Waals surface area contributed by atoms with Crippen molar-refractivity contribution in [3.63, 3.8) is 0 Å². The van der Waals surface area contributed by atoms with E-state index in [1.807, 2.05) is 18.2 Å². The molecule has 0 atom stereocenters. The van der Waals surface area contributed by atoms with E-state index in [4.69, 9.17) is 0 Å². The fourth-order valence-corrected chi connectivity index (χ4v) is 8.41. The van der Waals surface area contributed by atoms with E-state index < -0.39 is 16.1 Å². The molecule has 9 nitrogen and oxygen atoms in total. The van der Waals surface area contributed by atoms with Crippen molar-refractivity contribution < 1.29 is 32.2 Å². The van der Waals surface area contributed by atoms with Crippen LogP contribution in [-0.2, 0) is 25.7 Å². The topological polar surface area (TPSA) is 127 Å². The minimum Gasteiger partial charge on any atom is -0.478 e. The molecule has 0 aliphatic carbocycles. The molecule has 0 radical (unpaired) electrons. The Morgan fingerprint density at radius 3 is 2.21 bits per heavy atom. The number of benzene rings is 3. The van der Waals surface area contributed by atoms with Crippen LogP contribution >= 0.6 is 0 Å². The summed E-state index contributed by atoms with van der Waals surface area (Å²) >= 11 is 0. The van der Waals surface area contributed by atoms with Crippen LogP contribution in [0.1, 0.15) is 106 Å². The lowest BCUT2D eigenvalue weighted by atomic mass is 9.80. The predicted molar refractivity (Wildman–Crippen MR) is 232 cm³/mol. The number of carboxylic acid groups (broad SMARTS) is 1. The molecule has 0 fully saturated rings. The smallest absolute Gasteiger partial charge is 0.335 e. The van der Waals surface area contributed by atoms with Gasteiger partial charge in [-0.15, -0.1) is 0 Å². The van der Waals surface area contributed by atoms with Gasteiger partial charge in [0.2, 0.25) is 11.6 Å². The molecule has 57 heavy (non-hydrogen) atoms. The van der Waals surface area contributed by atoms with Crippen LogP contribution in [0.4, 0.5) is 17.1 Å². The first-order valence-corrected chi connectivity index (χ1v) is 21.5. The zero-order chi connectivity index (χ0) is 41.5. The number of hydrogen-bond donors (Lipinski definition) is 3. The maximum atomic E-state index is 13.2. The second-order valence-corrected chi connectivity index (χ2v) is 17.8. The number of hydrogen-bond acceptors (Lipinski definition) is 5. The predicted octanol–water partition coefficient (Wildman–Crippen LogP) is 9.99. The molecule has 5 rings (SSSR count). The Balaban J connectivity index is 1.46. The lowest BCUT2D eigenvalue weighted by Gasteiger charge is -2.27. The molecule has 0 bridgehead atoms. The highest BCUT2D eigenvalue weighted by Crippen LogP contribution is 2.48. The summed E-state index contributed by atoms with van der Waals surface area (Å²) in [5.74, 6) is -1.46. The highest BCUT2D eigenvalue weighted by molar-refractivity contribution is 7.85. The Morgan fingerprint density at radius 2 is 1.54 bits per heavy atom. The monoisotopic (exact) mass is 792 g/mol. The Kier molecular flexibility index (Phi) is 13.6.